The molecule has 6 nitrogen and oxygen atoms in total. The number of imidazole rings is 1. The predicted molar refractivity (Wildman–Crippen MR) is 136 cm³/mol. The van der Waals surface area contributed by atoms with E-state index in [2.05, 4.69) is 5.32 Å². The fraction of sp³-hybridized carbons (Fsp3) is 0.333. The quantitative estimate of drug-likeness (QED) is 0.518. The molecule has 1 aromatic heterocycles. The van der Waals surface area contributed by atoms with Crippen LogP contribution in [0.2, 0.25) is 5.02 Å². The number of amides is 1. The molecule has 1 aliphatic rings. The molecule has 2 heterocycles. The zero-order valence-electron chi connectivity index (χ0n) is 19.2. The van der Waals surface area contributed by atoms with Gasteiger partial charge in [-0.3, -0.25) is 4.79 Å². The molecule has 0 spiro atoms. The van der Waals surface area contributed by atoms with E-state index < -0.39 is 11.9 Å². The molecule has 10 heteroatoms. The molecular formula is C24H28ClF2N5OS. The summed E-state index contributed by atoms with van der Waals surface area (Å²) in [5.41, 5.74) is 7.60. The Hall–Kier alpha value is -2.62. The second-order valence-corrected chi connectivity index (χ2v) is 9.65. The number of nitrogens with zero attached hydrogens (tertiary/aromatic N) is 3. The number of aromatic nitrogens is 2. The first-order valence-corrected chi connectivity index (χ1v) is 11.0. The molecule has 0 bridgehead atoms. The number of rotatable bonds is 4. The van der Waals surface area contributed by atoms with Gasteiger partial charge in [0.05, 0.1) is 17.6 Å². The SMILES string of the molecule is CC(C)(C)[C@H](N)C(=O)N1CCn2c(nc(-c3ccc(F)cc3)c2Nc2ccc(Cl)c(F)c2)C1.S. The van der Waals surface area contributed by atoms with Crippen LogP contribution in [0.25, 0.3) is 11.3 Å². The first-order chi connectivity index (χ1) is 15.5. The van der Waals surface area contributed by atoms with Crippen LogP contribution in [-0.4, -0.2) is 32.9 Å². The summed E-state index contributed by atoms with van der Waals surface area (Å²) in [6.07, 6.45) is 0. The predicted octanol–water partition coefficient (Wildman–Crippen LogP) is 5.05. The normalized spacial score (nSPS) is 14.3. The van der Waals surface area contributed by atoms with Crippen LogP contribution >= 0.6 is 25.1 Å². The molecule has 1 aliphatic heterocycles. The van der Waals surface area contributed by atoms with Gasteiger partial charge in [-0.05, 0) is 47.9 Å². The van der Waals surface area contributed by atoms with Gasteiger partial charge >= 0.3 is 0 Å². The van der Waals surface area contributed by atoms with Crippen LogP contribution in [-0.2, 0) is 17.9 Å². The molecule has 0 saturated heterocycles. The Morgan fingerprint density at radius 1 is 1.15 bits per heavy atom. The summed E-state index contributed by atoms with van der Waals surface area (Å²) in [5, 5.41) is 3.26. The van der Waals surface area contributed by atoms with Gasteiger partial charge < -0.3 is 20.5 Å². The number of carbonyl (C=O) groups excluding carboxylic acids is 1. The van der Waals surface area contributed by atoms with E-state index in [1.54, 1.807) is 23.1 Å². The number of nitrogens with two attached hydrogens (primary N) is 1. The van der Waals surface area contributed by atoms with E-state index in [0.717, 1.165) is 0 Å². The minimum absolute atomic E-state index is 0. The molecule has 2 aromatic carbocycles. The van der Waals surface area contributed by atoms with Gasteiger partial charge in [-0.25, -0.2) is 13.8 Å². The van der Waals surface area contributed by atoms with Crippen LogP contribution in [0.3, 0.4) is 0 Å². The Balaban J connectivity index is 0.00000324. The lowest BCUT2D eigenvalue weighted by molar-refractivity contribution is -0.136. The van der Waals surface area contributed by atoms with E-state index >= 15 is 0 Å². The van der Waals surface area contributed by atoms with Crippen LogP contribution in [0.4, 0.5) is 20.3 Å². The second-order valence-electron chi connectivity index (χ2n) is 9.24. The van der Waals surface area contributed by atoms with E-state index in [0.29, 0.717) is 41.7 Å². The van der Waals surface area contributed by atoms with Crippen molar-refractivity contribution in [1.29, 1.82) is 0 Å². The smallest absolute Gasteiger partial charge is 0.240 e. The van der Waals surface area contributed by atoms with Gasteiger partial charge in [0.1, 0.15) is 29.0 Å². The summed E-state index contributed by atoms with van der Waals surface area (Å²) < 4.78 is 29.5. The molecule has 0 unspecified atom stereocenters. The Bertz CT molecular complexity index is 1190. The molecule has 0 fully saturated rings. The molecular weight excluding hydrogens is 480 g/mol. The minimum Gasteiger partial charge on any atom is -0.340 e. The number of benzene rings is 2. The van der Waals surface area contributed by atoms with E-state index in [4.69, 9.17) is 22.3 Å². The van der Waals surface area contributed by atoms with Crippen LogP contribution in [0, 0.1) is 17.0 Å². The summed E-state index contributed by atoms with van der Waals surface area (Å²) in [5.74, 6) is 0.258. The van der Waals surface area contributed by atoms with Crippen LogP contribution < -0.4 is 11.1 Å². The number of hydrogen-bond donors (Lipinski definition) is 2. The minimum atomic E-state index is -0.634. The highest BCUT2D eigenvalue weighted by atomic mass is 35.5. The first-order valence-electron chi connectivity index (χ1n) is 10.7. The molecule has 1 amide bonds. The fourth-order valence-corrected chi connectivity index (χ4v) is 3.85. The molecule has 0 aliphatic carbocycles. The topological polar surface area (TPSA) is 76.2 Å². The lowest BCUT2D eigenvalue weighted by Crippen LogP contribution is -2.52. The van der Waals surface area contributed by atoms with Crippen LogP contribution in [0.1, 0.15) is 26.6 Å². The van der Waals surface area contributed by atoms with E-state index in [1.165, 1.54) is 24.3 Å². The molecule has 3 aromatic rings. The molecule has 182 valence electrons. The molecule has 0 radical (unpaired) electrons. The van der Waals surface area contributed by atoms with Crippen molar-refractivity contribution in [3.63, 3.8) is 0 Å². The summed E-state index contributed by atoms with van der Waals surface area (Å²) in [7, 11) is 0. The number of fused-ring (bicyclic) bond motifs is 1. The van der Waals surface area contributed by atoms with Crippen LogP contribution in [0.5, 0.6) is 0 Å². The molecule has 34 heavy (non-hydrogen) atoms. The van der Waals surface area contributed by atoms with Gasteiger partial charge in [-0.2, -0.15) is 13.5 Å². The monoisotopic (exact) mass is 507 g/mol. The Morgan fingerprint density at radius 2 is 1.82 bits per heavy atom. The highest BCUT2D eigenvalue weighted by Crippen LogP contribution is 2.34. The maximum Gasteiger partial charge on any atom is 0.240 e. The van der Waals surface area contributed by atoms with Gasteiger partial charge in [0.25, 0.3) is 0 Å². The van der Waals surface area contributed by atoms with Crippen molar-refractivity contribution in [2.24, 2.45) is 11.1 Å². The average molecular weight is 508 g/mol. The number of halogens is 3. The van der Waals surface area contributed by atoms with Crippen molar-refractivity contribution in [2.45, 2.75) is 39.9 Å². The van der Waals surface area contributed by atoms with Crippen molar-refractivity contribution in [2.75, 3.05) is 11.9 Å². The fourth-order valence-electron chi connectivity index (χ4n) is 3.73. The molecule has 3 N–H and O–H groups in total. The standard InChI is InChI=1S/C24H26ClF2N5O.H2S/c1-24(2,3)21(28)23(33)31-10-11-32-19(13-31)30-20(14-4-6-15(26)7-5-14)22(32)29-16-8-9-17(25)18(27)12-16;/h4-9,12,21,29H,10-11,13,28H2,1-3H3;1H2/t21-;/m1./s1. The maximum atomic E-state index is 14.0. The lowest BCUT2D eigenvalue weighted by Gasteiger charge is -2.34. The zero-order chi connectivity index (χ0) is 23.9. The number of hydrogen-bond acceptors (Lipinski definition) is 4. The van der Waals surface area contributed by atoms with Crippen molar-refractivity contribution in [1.82, 2.24) is 14.5 Å². The van der Waals surface area contributed by atoms with Gasteiger partial charge in [-0.1, -0.05) is 32.4 Å². The third-order valence-electron chi connectivity index (χ3n) is 5.78. The molecule has 0 saturated carbocycles. The van der Waals surface area contributed by atoms with Crippen molar-refractivity contribution < 1.29 is 13.6 Å². The largest absolute Gasteiger partial charge is 0.340 e. The summed E-state index contributed by atoms with van der Waals surface area (Å²) in [4.78, 5) is 19.4. The number of carbonyl (C=O) groups is 1. The van der Waals surface area contributed by atoms with E-state index in [1.807, 2.05) is 25.3 Å². The van der Waals surface area contributed by atoms with E-state index in [-0.39, 0.29) is 42.2 Å². The van der Waals surface area contributed by atoms with Gasteiger partial charge in [-0.15, -0.1) is 0 Å². The second kappa shape index (κ2) is 9.93. The van der Waals surface area contributed by atoms with Crippen molar-refractivity contribution >= 4 is 42.5 Å². The van der Waals surface area contributed by atoms with Crippen molar-refractivity contribution in [3.8, 4) is 11.3 Å². The van der Waals surface area contributed by atoms with Gasteiger partial charge in [0, 0.05) is 24.3 Å². The lowest BCUT2D eigenvalue weighted by atomic mass is 9.86. The van der Waals surface area contributed by atoms with Gasteiger partial charge in [0.2, 0.25) is 5.91 Å². The third kappa shape index (κ3) is 5.21. The summed E-state index contributed by atoms with van der Waals surface area (Å²) in [6, 6.07) is 9.79. The van der Waals surface area contributed by atoms with Gasteiger partial charge in [0.15, 0.2) is 0 Å². The Labute approximate surface area is 209 Å². The zero-order valence-corrected chi connectivity index (χ0v) is 21.0. The number of anilines is 2. The molecule has 1 atom stereocenters. The summed E-state index contributed by atoms with van der Waals surface area (Å²) >= 11 is 5.82. The number of nitrogens with one attached hydrogen (secondary N) is 1. The van der Waals surface area contributed by atoms with Crippen LogP contribution in [0.15, 0.2) is 42.5 Å². The van der Waals surface area contributed by atoms with E-state index in [9.17, 15) is 13.6 Å². The average Bonchev–Trinajstić information content (AvgIpc) is 3.12. The third-order valence-corrected chi connectivity index (χ3v) is 6.09. The molecule has 4 rings (SSSR count). The first kappa shape index (κ1) is 26.0. The maximum absolute atomic E-state index is 14.0. The Morgan fingerprint density at radius 3 is 2.44 bits per heavy atom. The summed E-state index contributed by atoms with van der Waals surface area (Å²) in [6.45, 7) is 7.01. The highest BCUT2D eigenvalue weighted by molar-refractivity contribution is 7.59. The van der Waals surface area contributed by atoms with Crippen molar-refractivity contribution in [3.05, 3.63) is 64.9 Å². The highest BCUT2D eigenvalue weighted by Gasteiger charge is 2.34. The Kier molecular flexibility index (Phi) is 7.59.